The Morgan fingerprint density at radius 1 is 1.28 bits per heavy atom. The van der Waals surface area contributed by atoms with E-state index in [0.29, 0.717) is 17.7 Å². The Hall–Kier alpha value is -2.68. The molecule has 1 fully saturated rings. The zero-order chi connectivity index (χ0) is 22.7. The molecule has 0 amide bonds. The van der Waals surface area contributed by atoms with Gasteiger partial charge in [0.25, 0.3) is 0 Å². The molecule has 32 heavy (non-hydrogen) atoms. The van der Waals surface area contributed by atoms with Crippen molar-refractivity contribution in [2.75, 3.05) is 38.3 Å². The van der Waals surface area contributed by atoms with Crippen LogP contribution in [0.15, 0.2) is 36.5 Å². The molecule has 4 rings (SSSR count). The first-order valence-electron chi connectivity index (χ1n) is 11.3. The quantitative estimate of drug-likeness (QED) is 0.557. The Morgan fingerprint density at radius 3 is 2.78 bits per heavy atom. The molecule has 0 spiro atoms. The highest BCUT2D eigenvalue weighted by Crippen LogP contribution is 2.31. The number of aliphatic hydroxyl groups excluding tert-OH is 1. The standard InChI is InChI=1S/C24H33N5O3/c1-16(2)21-14-26-29-23(28(3)18-7-9-31-10-8-18)12-22(27-24(21)29)17-5-4-6-20(11-17)32-15-19(30)13-25/h4-6,11-12,14,16,18-19,30H,7-10,13,15,25H2,1-3H3. The summed E-state index contributed by atoms with van der Waals surface area (Å²) in [6.45, 7) is 6.19. The number of hydrogen-bond donors (Lipinski definition) is 2. The lowest BCUT2D eigenvalue weighted by molar-refractivity contribution is 0.0853. The summed E-state index contributed by atoms with van der Waals surface area (Å²) >= 11 is 0. The molecule has 1 atom stereocenters. The van der Waals surface area contributed by atoms with Crippen LogP contribution in [0.1, 0.15) is 38.2 Å². The maximum absolute atomic E-state index is 9.72. The van der Waals surface area contributed by atoms with Crippen molar-refractivity contribution in [3.05, 3.63) is 42.1 Å². The zero-order valence-corrected chi connectivity index (χ0v) is 19.1. The second-order valence-electron chi connectivity index (χ2n) is 8.67. The number of nitrogens with two attached hydrogens (primary N) is 1. The van der Waals surface area contributed by atoms with Crippen LogP contribution in [-0.2, 0) is 4.74 Å². The van der Waals surface area contributed by atoms with Gasteiger partial charge in [0.1, 0.15) is 24.3 Å². The van der Waals surface area contributed by atoms with Gasteiger partial charge in [-0.25, -0.2) is 4.98 Å². The summed E-state index contributed by atoms with van der Waals surface area (Å²) < 4.78 is 13.2. The molecule has 1 aliphatic rings. The fraction of sp³-hybridized carbons (Fsp3) is 0.500. The average Bonchev–Trinajstić information content (AvgIpc) is 3.26. The van der Waals surface area contributed by atoms with Gasteiger partial charge in [0.15, 0.2) is 5.65 Å². The lowest BCUT2D eigenvalue weighted by Crippen LogP contribution is -2.37. The molecule has 2 aromatic heterocycles. The van der Waals surface area contributed by atoms with Gasteiger partial charge in [-0.1, -0.05) is 26.0 Å². The van der Waals surface area contributed by atoms with E-state index in [1.807, 2.05) is 35.0 Å². The van der Waals surface area contributed by atoms with Crippen LogP contribution in [0.3, 0.4) is 0 Å². The van der Waals surface area contributed by atoms with Gasteiger partial charge in [0, 0.05) is 50.0 Å². The molecular formula is C24H33N5O3. The molecule has 3 heterocycles. The van der Waals surface area contributed by atoms with E-state index in [4.69, 9.17) is 20.2 Å². The summed E-state index contributed by atoms with van der Waals surface area (Å²) in [7, 11) is 2.12. The Morgan fingerprint density at radius 2 is 2.06 bits per heavy atom. The Bertz CT molecular complexity index is 1050. The molecule has 172 valence electrons. The molecule has 0 saturated carbocycles. The van der Waals surface area contributed by atoms with Crippen LogP contribution in [0.25, 0.3) is 16.9 Å². The first-order valence-corrected chi connectivity index (χ1v) is 11.3. The molecule has 3 aromatic rings. The SMILES string of the molecule is CC(C)c1cnn2c(N(C)C3CCOCC3)cc(-c3cccc(OCC(O)CN)c3)nc12. The van der Waals surface area contributed by atoms with E-state index in [-0.39, 0.29) is 13.2 Å². The number of benzene rings is 1. The highest BCUT2D eigenvalue weighted by Gasteiger charge is 2.23. The Labute approximate surface area is 189 Å². The maximum Gasteiger partial charge on any atom is 0.161 e. The minimum atomic E-state index is -0.687. The van der Waals surface area contributed by atoms with Crippen molar-refractivity contribution >= 4 is 11.5 Å². The Balaban J connectivity index is 1.75. The van der Waals surface area contributed by atoms with E-state index in [9.17, 15) is 5.11 Å². The van der Waals surface area contributed by atoms with Crippen LogP contribution >= 0.6 is 0 Å². The van der Waals surface area contributed by atoms with Crippen molar-refractivity contribution in [2.24, 2.45) is 5.73 Å². The molecule has 0 aliphatic carbocycles. The third-order valence-corrected chi connectivity index (χ3v) is 6.05. The van der Waals surface area contributed by atoms with Crippen molar-refractivity contribution < 1.29 is 14.6 Å². The minimum absolute atomic E-state index is 0.157. The van der Waals surface area contributed by atoms with Crippen molar-refractivity contribution in [1.82, 2.24) is 14.6 Å². The summed E-state index contributed by atoms with van der Waals surface area (Å²) in [4.78, 5) is 7.29. The van der Waals surface area contributed by atoms with Gasteiger partial charge >= 0.3 is 0 Å². The van der Waals surface area contributed by atoms with Gasteiger partial charge in [0.05, 0.1) is 11.9 Å². The number of aromatic nitrogens is 3. The van der Waals surface area contributed by atoms with Gasteiger partial charge < -0.3 is 25.2 Å². The fourth-order valence-electron chi connectivity index (χ4n) is 4.04. The largest absolute Gasteiger partial charge is 0.491 e. The predicted octanol–water partition coefficient (Wildman–Crippen LogP) is 2.83. The van der Waals surface area contributed by atoms with E-state index in [1.54, 1.807) is 0 Å². The predicted molar refractivity (Wildman–Crippen MR) is 125 cm³/mol. The second kappa shape index (κ2) is 9.85. The van der Waals surface area contributed by atoms with Crippen molar-refractivity contribution in [2.45, 2.75) is 44.8 Å². The van der Waals surface area contributed by atoms with Crippen LogP contribution in [0.4, 0.5) is 5.82 Å². The zero-order valence-electron chi connectivity index (χ0n) is 19.1. The molecule has 1 aliphatic heterocycles. The van der Waals surface area contributed by atoms with Gasteiger partial charge in [-0.05, 0) is 30.9 Å². The molecule has 1 unspecified atom stereocenters. The minimum Gasteiger partial charge on any atom is -0.491 e. The summed E-state index contributed by atoms with van der Waals surface area (Å²) in [6, 6.07) is 10.3. The van der Waals surface area contributed by atoms with Gasteiger partial charge in [-0.2, -0.15) is 9.61 Å². The third kappa shape index (κ3) is 4.72. The third-order valence-electron chi connectivity index (χ3n) is 6.05. The fourth-order valence-corrected chi connectivity index (χ4v) is 4.04. The summed E-state index contributed by atoms with van der Waals surface area (Å²) in [5.41, 5.74) is 9.28. The lowest BCUT2D eigenvalue weighted by Gasteiger charge is -2.33. The molecule has 1 aromatic carbocycles. The van der Waals surface area contributed by atoms with Crippen LogP contribution < -0.4 is 15.4 Å². The number of nitrogens with zero attached hydrogens (tertiary/aromatic N) is 4. The maximum atomic E-state index is 9.72. The number of fused-ring (bicyclic) bond motifs is 1. The second-order valence-corrected chi connectivity index (χ2v) is 8.67. The van der Waals surface area contributed by atoms with Gasteiger partial charge in [-0.3, -0.25) is 0 Å². The lowest BCUT2D eigenvalue weighted by atomic mass is 10.1. The van der Waals surface area contributed by atoms with Crippen LogP contribution in [-0.4, -0.2) is 65.3 Å². The average molecular weight is 440 g/mol. The van der Waals surface area contributed by atoms with Gasteiger partial charge in [0.2, 0.25) is 0 Å². The summed E-state index contributed by atoms with van der Waals surface area (Å²) in [6.07, 6.45) is 3.21. The van der Waals surface area contributed by atoms with E-state index in [0.717, 1.165) is 54.3 Å². The first-order chi connectivity index (χ1) is 15.5. The highest BCUT2D eigenvalue weighted by molar-refractivity contribution is 5.69. The summed E-state index contributed by atoms with van der Waals surface area (Å²) in [5.74, 6) is 1.99. The molecule has 1 saturated heterocycles. The molecule has 3 N–H and O–H groups in total. The number of rotatable bonds is 8. The number of aliphatic hydroxyl groups is 1. The highest BCUT2D eigenvalue weighted by atomic mass is 16.5. The van der Waals surface area contributed by atoms with E-state index in [2.05, 4.69) is 37.0 Å². The smallest absolute Gasteiger partial charge is 0.161 e. The molecule has 0 bridgehead atoms. The number of ether oxygens (including phenoxy) is 2. The molecule has 0 radical (unpaired) electrons. The number of anilines is 1. The van der Waals surface area contributed by atoms with Gasteiger partial charge in [-0.15, -0.1) is 0 Å². The van der Waals surface area contributed by atoms with Crippen molar-refractivity contribution in [3.63, 3.8) is 0 Å². The van der Waals surface area contributed by atoms with Crippen LogP contribution in [0, 0.1) is 0 Å². The van der Waals surface area contributed by atoms with Crippen molar-refractivity contribution in [3.8, 4) is 17.0 Å². The van der Waals surface area contributed by atoms with E-state index >= 15 is 0 Å². The first kappa shape index (κ1) is 22.5. The van der Waals surface area contributed by atoms with E-state index in [1.165, 1.54) is 0 Å². The topological polar surface area (TPSA) is 98.1 Å². The Kier molecular flexibility index (Phi) is 6.93. The molecule has 8 nitrogen and oxygen atoms in total. The summed E-state index contributed by atoms with van der Waals surface area (Å²) in [5, 5.41) is 14.4. The van der Waals surface area contributed by atoms with Crippen LogP contribution in [0.5, 0.6) is 5.75 Å². The van der Waals surface area contributed by atoms with Crippen molar-refractivity contribution in [1.29, 1.82) is 0 Å². The van der Waals surface area contributed by atoms with E-state index < -0.39 is 6.10 Å². The monoisotopic (exact) mass is 439 g/mol. The molecular weight excluding hydrogens is 406 g/mol. The molecule has 8 heteroatoms. The van der Waals surface area contributed by atoms with Crippen LogP contribution in [0.2, 0.25) is 0 Å². The normalized spacial score (nSPS) is 15.9. The number of hydrogen-bond acceptors (Lipinski definition) is 7.